The van der Waals surface area contributed by atoms with Crippen molar-refractivity contribution in [3.63, 3.8) is 0 Å². The molecule has 1 saturated heterocycles. The fourth-order valence-electron chi connectivity index (χ4n) is 1.59. The monoisotopic (exact) mass is 214 g/mol. The third-order valence-electron chi connectivity index (χ3n) is 2.86. The molecule has 1 unspecified atom stereocenters. The van der Waals surface area contributed by atoms with Crippen molar-refractivity contribution in [2.24, 2.45) is 5.92 Å². The quantitative estimate of drug-likeness (QED) is 0.648. The molecular weight excluding hydrogens is 196 g/mol. The van der Waals surface area contributed by atoms with Gasteiger partial charge < -0.3 is 10.0 Å². The van der Waals surface area contributed by atoms with E-state index in [0.29, 0.717) is 6.42 Å². The van der Waals surface area contributed by atoms with Gasteiger partial charge in [-0.2, -0.15) is 0 Å². The maximum absolute atomic E-state index is 10.6. The standard InChI is InChI=1S/C10H18N2O3/c1-9(10(14)15)2-3-11-4-6-12(8-13)7-5-11/h8-9H,2-7H2,1H3,(H,14,15). The zero-order valence-electron chi connectivity index (χ0n) is 9.06. The number of carboxylic acids is 1. The predicted octanol–water partition coefficient (Wildman–Crippen LogP) is -0.129. The Labute approximate surface area is 89.7 Å². The number of amides is 1. The highest BCUT2D eigenvalue weighted by molar-refractivity contribution is 5.69. The Morgan fingerprint density at radius 1 is 1.40 bits per heavy atom. The van der Waals surface area contributed by atoms with E-state index < -0.39 is 5.97 Å². The van der Waals surface area contributed by atoms with E-state index in [2.05, 4.69) is 4.90 Å². The summed E-state index contributed by atoms with van der Waals surface area (Å²) in [6, 6.07) is 0. The summed E-state index contributed by atoms with van der Waals surface area (Å²) >= 11 is 0. The lowest BCUT2D eigenvalue weighted by atomic mass is 10.1. The van der Waals surface area contributed by atoms with Crippen molar-refractivity contribution in [2.45, 2.75) is 13.3 Å². The van der Waals surface area contributed by atoms with Crippen LogP contribution in [0.15, 0.2) is 0 Å². The molecule has 0 bridgehead atoms. The van der Waals surface area contributed by atoms with Crippen LogP contribution in [0.5, 0.6) is 0 Å². The van der Waals surface area contributed by atoms with Gasteiger partial charge in [0, 0.05) is 26.2 Å². The van der Waals surface area contributed by atoms with Gasteiger partial charge in [-0.05, 0) is 13.0 Å². The van der Waals surface area contributed by atoms with Gasteiger partial charge in [0.2, 0.25) is 6.41 Å². The summed E-state index contributed by atoms with van der Waals surface area (Å²) in [6.07, 6.45) is 1.55. The molecule has 1 atom stereocenters. The van der Waals surface area contributed by atoms with Gasteiger partial charge in [-0.3, -0.25) is 14.5 Å². The van der Waals surface area contributed by atoms with E-state index in [-0.39, 0.29) is 5.92 Å². The van der Waals surface area contributed by atoms with Crippen molar-refractivity contribution in [2.75, 3.05) is 32.7 Å². The van der Waals surface area contributed by atoms with Crippen LogP contribution in [-0.4, -0.2) is 60.0 Å². The van der Waals surface area contributed by atoms with E-state index in [1.165, 1.54) is 0 Å². The lowest BCUT2D eigenvalue weighted by molar-refractivity contribution is -0.141. The number of carbonyl (C=O) groups is 2. The molecular formula is C10H18N2O3. The number of rotatable bonds is 5. The fourth-order valence-corrected chi connectivity index (χ4v) is 1.59. The van der Waals surface area contributed by atoms with Gasteiger partial charge in [-0.1, -0.05) is 6.92 Å². The molecule has 0 aliphatic carbocycles. The number of carboxylic acid groups (broad SMARTS) is 1. The van der Waals surface area contributed by atoms with Crippen LogP contribution >= 0.6 is 0 Å². The Kier molecular flexibility index (Phi) is 4.55. The van der Waals surface area contributed by atoms with Gasteiger partial charge in [-0.25, -0.2) is 0 Å². The molecule has 0 aromatic carbocycles. The van der Waals surface area contributed by atoms with Gasteiger partial charge in [0.05, 0.1) is 5.92 Å². The summed E-state index contributed by atoms with van der Waals surface area (Å²) < 4.78 is 0. The summed E-state index contributed by atoms with van der Waals surface area (Å²) in [6.45, 7) is 5.75. The molecule has 0 aromatic heterocycles. The van der Waals surface area contributed by atoms with E-state index in [0.717, 1.165) is 39.1 Å². The number of aliphatic carboxylic acids is 1. The maximum atomic E-state index is 10.6. The van der Waals surface area contributed by atoms with Crippen LogP contribution in [0.4, 0.5) is 0 Å². The predicted molar refractivity (Wildman–Crippen MR) is 55.5 cm³/mol. The molecule has 1 aliphatic rings. The van der Waals surface area contributed by atoms with Crippen molar-refractivity contribution in [3.8, 4) is 0 Å². The molecule has 86 valence electrons. The van der Waals surface area contributed by atoms with Crippen LogP contribution in [0.25, 0.3) is 0 Å². The first-order chi connectivity index (χ1) is 7.13. The van der Waals surface area contributed by atoms with Crippen molar-refractivity contribution in [3.05, 3.63) is 0 Å². The summed E-state index contributed by atoms with van der Waals surface area (Å²) in [5.74, 6) is -1.02. The average molecular weight is 214 g/mol. The number of piperazine rings is 1. The average Bonchev–Trinajstić information content (AvgIpc) is 2.26. The highest BCUT2D eigenvalue weighted by atomic mass is 16.4. The lowest BCUT2D eigenvalue weighted by Crippen LogP contribution is -2.46. The van der Waals surface area contributed by atoms with Crippen molar-refractivity contribution in [1.29, 1.82) is 0 Å². The van der Waals surface area contributed by atoms with Gasteiger partial charge >= 0.3 is 5.97 Å². The number of hydrogen-bond donors (Lipinski definition) is 1. The topological polar surface area (TPSA) is 60.9 Å². The van der Waals surface area contributed by atoms with Gasteiger partial charge in [0.15, 0.2) is 0 Å². The van der Waals surface area contributed by atoms with Crippen LogP contribution in [0.2, 0.25) is 0 Å². The minimum atomic E-state index is -0.735. The Bertz CT molecular complexity index is 225. The van der Waals surface area contributed by atoms with E-state index in [4.69, 9.17) is 5.11 Å². The largest absolute Gasteiger partial charge is 0.481 e. The number of carbonyl (C=O) groups excluding carboxylic acids is 1. The molecule has 5 heteroatoms. The van der Waals surface area contributed by atoms with Crippen LogP contribution < -0.4 is 0 Å². The summed E-state index contributed by atoms with van der Waals surface area (Å²) in [5.41, 5.74) is 0. The summed E-state index contributed by atoms with van der Waals surface area (Å²) in [7, 11) is 0. The molecule has 1 N–H and O–H groups in total. The maximum Gasteiger partial charge on any atom is 0.306 e. The third kappa shape index (κ3) is 3.87. The second-order valence-corrected chi connectivity index (χ2v) is 4.01. The Hall–Kier alpha value is -1.10. The molecule has 15 heavy (non-hydrogen) atoms. The molecule has 5 nitrogen and oxygen atoms in total. The number of hydrogen-bond acceptors (Lipinski definition) is 3. The first-order valence-corrected chi connectivity index (χ1v) is 5.28. The van der Waals surface area contributed by atoms with Gasteiger partial charge in [-0.15, -0.1) is 0 Å². The first-order valence-electron chi connectivity index (χ1n) is 5.28. The second-order valence-electron chi connectivity index (χ2n) is 4.01. The van der Waals surface area contributed by atoms with Crippen LogP contribution in [0, 0.1) is 5.92 Å². The fraction of sp³-hybridized carbons (Fsp3) is 0.800. The number of nitrogens with zero attached hydrogens (tertiary/aromatic N) is 2. The van der Waals surface area contributed by atoms with Crippen molar-refractivity contribution < 1.29 is 14.7 Å². The van der Waals surface area contributed by atoms with E-state index >= 15 is 0 Å². The normalized spacial score (nSPS) is 19.9. The third-order valence-corrected chi connectivity index (χ3v) is 2.86. The zero-order chi connectivity index (χ0) is 11.3. The van der Waals surface area contributed by atoms with Crippen LogP contribution in [0.1, 0.15) is 13.3 Å². The molecule has 0 radical (unpaired) electrons. The zero-order valence-corrected chi connectivity index (χ0v) is 9.06. The summed E-state index contributed by atoms with van der Waals surface area (Å²) in [4.78, 5) is 25.0. The molecule has 0 saturated carbocycles. The van der Waals surface area contributed by atoms with Gasteiger partial charge in [0.25, 0.3) is 0 Å². The molecule has 0 aromatic rings. The smallest absolute Gasteiger partial charge is 0.306 e. The Balaban J connectivity index is 2.18. The van der Waals surface area contributed by atoms with Crippen molar-refractivity contribution >= 4 is 12.4 Å². The van der Waals surface area contributed by atoms with E-state index in [1.54, 1.807) is 11.8 Å². The second kappa shape index (κ2) is 5.70. The SMILES string of the molecule is CC(CCN1CCN(C=O)CC1)C(=O)O. The molecule has 0 spiro atoms. The summed E-state index contributed by atoms with van der Waals surface area (Å²) in [5, 5.41) is 8.72. The Morgan fingerprint density at radius 2 is 2.00 bits per heavy atom. The van der Waals surface area contributed by atoms with Crippen LogP contribution in [-0.2, 0) is 9.59 Å². The molecule has 1 rings (SSSR count). The Morgan fingerprint density at radius 3 is 2.47 bits per heavy atom. The molecule has 1 aliphatic heterocycles. The van der Waals surface area contributed by atoms with Crippen molar-refractivity contribution in [1.82, 2.24) is 9.80 Å². The molecule has 1 heterocycles. The van der Waals surface area contributed by atoms with Crippen LogP contribution in [0.3, 0.4) is 0 Å². The highest BCUT2D eigenvalue weighted by Gasteiger charge is 2.17. The molecule has 1 fully saturated rings. The molecule has 1 amide bonds. The van der Waals surface area contributed by atoms with E-state index in [9.17, 15) is 9.59 Å². The minimum Gasteiger partial charge on any atom is -0.481 e. The van der Waals surface area contributed by atoms with Gasteiger partial charge in [0.1, 0.15) is 0 Å². The highest BCUT2D eigenvalue weighted by Crippen LogP contribution is 2.06. The first kappa shape index (κ1) is 12.0. The van der Waals surface area contributed by atoms with E-state index in [1.807, 2.05) is 0 Å². The lowest BCUT2D eigenvalue weighted by Gasteiger charge is -2.32. The minimum absolute atomic E-state index is 0.283.